The van der Waals surface area contributed by atoms with Gasteiger partial charge in [-0.1, -0.05) is 12.1 Å². The van der Waals surface area contributed by atoms with E-state index in [0.29, 0.717) is 0 Å². The average molecular weight is 282 g/mol. The molecule has 2 rings (SSSR count). The second kappa shape index (κ2) is 7.75. The number of benzene rings is 1. The molecule has 4 heteroatoms. The fourth-order valence-electron chi connectivity index (χ4n) is 2.45. The van der Waals surface area contributed by atoms with Crippen LogP contribution in [0.15, 0.2) is 24.3 Å². The van der Waals surface area contributed by atoms with Crippen LogP contribution in [0.1, 0.15) is 19.8 Å². The maximum Gasteiger partial charge on any atom is 0.146 e. The number of rotatable bonds is 6. The number of nitrogens with zero attached hydrogens (tertiary/aromatic N) is 1. The van der Waals surface area contributed by atoms with Gasteiger partial charge >= 0.3 is 0 Å². The molecule has 1 heterocycles. The minimum atomic E-state index is -0.115. The van der Waals surface area contributed by atoms with Crippen molar-refractivity contribution in [2.24, 2.45) is 0 Å². The molecule has 2 nitrogen and oxygen atoms in total. The first-order valence-electron chi connectivity index (χ1n) is 7.13. The first kappa shape index (κ1) is 14.7. The Hall–Kier alpha value is -0.740. The Morgan fingerprint density at radius 1 is 1.32 bits per heavy atom. The number of piperidine rings is 1. The predicted octanol–water partition coefficient (Wildman–Crippen LogP) is 3.14. The molecule has 1 saturated heterocycles. The molecule has 0 aliphatic carbocycles. The quantitative estimate of drug-likeness (QED) is 0.863. The first-order chi connectivity index (χ1) is 9.31. The van der Waals surface area contributed by atoms with Crippen molar-refractivity contribution in [3.05, 3.63) is 30.1 Å². The molecule has 1 aliphatic heterocycles. The zero-order valence-electron chi connectivity index (χ0n) is 11.6. The summed E-state index contributed by atoms with van der Waals surface area (Å²) in [5, 5.41) is 4.16. The van der Waals surface area contributed by atoms with Gasteiger partial charge in [-0.3, -0.25) is 0 Å². The van der Waals surface area contributed by atoms with Crippen molar-refractivity contribution < 1.29 is 4.39 Å². The molecular weight excluding hydrogens is 259 g/mol. The van der Waals surface area contributed by atoms with E-state index in [0.717, 1.165) is 42.9 Å². The van der Waals surface area contributed by atoms with Crippen LogP contribution in [0.4, 0.5) is 10.1 Å². The molecule has 0 atom stereocenters. The lowest BCUT2D eigenvalue weighted by molar-refractivity contribution is 0.531. The van der Waals surface area contributed by atoms with Crippen molar-refractivity contribution in [3.8, 4) is 0 Å². The van der Waals surface area contributed by atoms with Gasteiger partial charge in [0.1, 0.15) is 5.82 Å². The van der Waals surface area contributed by atoms with Gasteiger partial charge in [0.25, 0.3) is 0 Å². The molecule has 0 aromatic heterocycles. The lowest BCUT2D eigenvalue weighted by Crippen LogP contribution is -2.31. The first-order valence-corrected chi connectivity index (χ1v) is 8.18. The van der Waals surface area contributed by atoms with E-state index in [2.05, 4.69) is 17.1 Å². The number of halogens is 1. The normalized spacial score (nSPS) is 16.5. The Morgan fingerprint density at radius 3 is 2.74 bits per heavy atom. The second-order valence-electron chi connectivity index (χ2n) is 4.85. The van der Waals surface area contributed by atoms with E-state index in [1.165, 1.54) is 18.9 Å². The molecule has 1 fully saturated rings. The van der Waals surface area contributed by atoms with Crippen molar-refractivity contribution in [2.45, 2.75) is 25.0 Å². The summed E-state index contributed by atoms with van der Waals surface area (Å²) in [5.41, 5.74) is 0.732. The minimum absolute atomic E-state index is 0.115. The predicted molar refractivity (Wildman–Crippen MR) is 82.6 cm³/mol. The van der Waals surface area contributed by atoms with Crippen LogP contribution in [0.25, 0.3) is 0 Å². The topological polar surface area (TPSA) is 15.3 Å². The average Bonchev–Trinajstić information content (AvgIpc) is 2.46. The third-order valence-electron chi connectivity index (χ3n) is 3.58. The highest BCUT2D eigenvalue weighted by Gasteiger charge is 2.14. The third kappa shape index (κ3) is 4.39. The Kier molecular flexibility index (Phi) is 5.98. The highest BCUT2D eigenvalue weighted by atomic mass is 32.2. The van der Waals surface area contributed by atoms with Crippen LogP contribution in [-0.4, -0.2) is 37.2 Å². The number of anilines is 1. The smallest absolute Gasteiger partial charge is 0.146 e. The Morgan fingerprint density at radius 2 is 2.05 bits per heavy atom. The zero-order chi connectivity index (χ0) is 13.5. The Labute approximate surface area is 119 Å². The molecule has 0 saturated carbocycles. The monoisotopic (exact) mass is 282 g/mol. The van der Waals surface area contributed by atoms with Gasteiger partial charge in [-0.2, -0.15) is 11.8 Å². The third-order valence-corrected chi connectivity index (χ3v) is 4.94. The van der Waals surface area contributed by atoms with Gasteiger partial charge in [-0.15, -0.1) is 0 Å². The van der Waals surface area contributed by atoms with E-state index < -0.39 is 0 Å². The fraction of sp³-hybridized carbons (Fsp3) is 0.600. The number of hydrogen-bond acceptors (Lipinski definition) is 3. The van der Waals surface area contributed by atoms with Crippen LogP contribution < -0.4 is 10.2 Å². The van der Waals surface area contributed by atoms with Gasteiger partial charge < -0.3 is 10.2 Å². The zero-order valence-corrected chi connectivity index (χ0v) is 12.4. The Balaban J connectivity index is 1.81. The molecule has 1 aromatic carbocycles. The fourth-order valence-corrected chi connectivity index (χ4v) is 3.68. The van der Waals surface area contributed by atoms with E-state index in [-0.39, 0.29) is 5.82 Å². The molecule has 0 unspecified atom stereocenters. The summed E-state index contributed by atoms with van der Waals surface area (Å²) in [5.74, 6) is 0.962. The summed E-state index contributed by atoms with van der Waals surface area (Å²) in [4.78, 5) is 2.13. The summed E-state index contributed by atoms with van der Waals surface area (Å²) >= 11 is 2.04. The van der Waals surface area contributed by atoms with Crippen molar-refractivity contribution in [2.75, 3.05) is 36.8 Å². The van der Waals surface area contributed by atoms with Gasteiger partial charge in [-0.25, -0.2) is 4.39 Å². The number of nitrogens with one attached hydrogen (secondary N) is 1. The van der Waals surface area contributed by atoms with E-state index in [1.807, 2.05) is 23.9 Å². The molecule has 19 heavy (non-hydrogen) atoms. The lowest BCUT2D eigenvalue weighted by atomic mass is 10.2. The maximum absolute atomic E-state index is 13.8. The van der Waals surface area contributed by atoms with Crippen LogP contribution in [0.5, 0.6) is 0 Å². The summed E-state index contributed by atoms with van der Waals surface area (Å²) in [7, 11) is 0. The second-order valence-corrected chi connectivity index (χ2v) is 6.26. The van der Waals surface area contributed by atoms with Crippen LogP contribution in [0.3, 0.4) is 0 Å². The highest BCUT2D eigenvalue weighted by Crippen LogP contribution is 2.22. The molecule has 1 aromatic rings. The largest absolute Gasteiger partial charge is 0.369 e. The van der Waals surface area contributed by atoms with Crippen molar-refractivity contribution in [1.82, 2.24) is 5.32 Å². The van der Waals surface area contributed by atoms with Gasteiger partial charge in [0.2, 0.25) is 0 Å². The SMILES string of the molecule is CCN(CCSC1CCNCC1)c1ccccc1F. The van der Waals surface area contributed by atoms with Crippen LogP contribution in [-0.2, 0) is 0 Å². The molecule has 0 radical (unpaired) electrons. The van der Waals surface area contributed by atoms with Crippen LogP contribution in [0, 0.1) is 5.82 Å². The van der Waals surface area contributed by atoms with E-state index in [4.69, 9.17) is 0 Å². The van der Waals surface area contributed by atoms with Gasteiger partial charge in [0.15, 0.2) is 0 Å². The number of para-hydroxylation sites is 1. The summed E-state index contributed by atoms with van der Waals surface area (Å²) in [6.45, 7) is 6.15. The Bertz CT molecular complexity index is 380. The molecular formula is C15H23FN2S. The number of thioether (sulfide) groups is 1. The van der Waals surface area contributed by atoms with Crippen molar-refractivity contribution in [1.29, 1.82) is 0 Å². The van der Waals surface area contributed by atoms with E-state index in [1.54, 1.807) is 6.07 Å². The molecule has 0 amide bonds. The van der Waals surface area contributed by atoms with Crippen LogP contribution >= 0.6 is 11.8 Å². The maximum atomic E-state index is 13.8. The van der Waals surface area contributed by atoms with Gasteiger partial charge in [0.05, 0.1) is 5.69 Å². The molecule has 106 valence electrons. The van der Waals surface area contributed by atoms with E-state index >= 15 is 0 Å². The van der Waals surface area contributed by atoms with Gasteiger partial charge in [-0.05, 0) is 45.0 Å². The van der Waals surface area contributed by atoms with Crippen LogP contribution in [0.2, 0.25) is 0 Å². The minimum Gasteiger partial charge on any atom is -0.369 e. The molecule has 0 bridgehead atoms. The van der Waals surface area contributed by atoms with Gasteiger partial charge in [0, 0.05) is 24.1 Å². The van der Waals surface area contributed by atoms with Crippen molar-refractivity contribution in [3.63, 3.8) is 0 Å². The highest BCUT2D eigenvalue weighted by molar-refractivity contribution is 7.99. The van der Waals surface area contributed by atoms with Crippen molar-refractivity contribution >= 4 is 17.4 Å². The number of hydrogen-bond donors (Lipinski definition) is 1. The summed E-state index contributed by atoms with van der Waals surface area (Å²) < 4.78 is 13.8. The molecule has 1 aliphatic rings. The summed E-state index contributed by atoms with van der Waals surface area (Å²) in [6.07, 6.45) is 2.52. The molecule has 0 spiro atoms. The van der Waals surface area contributed by atoms with E-state index in [9.17, 15) is 4.39 Å². The molecule has 1 N–H and O–H groups in total. The summed E-state index contributed by atoms with van der Waals surface area (Å²) in [6, 6.07) is 7.06. The lowest BCUT2D eigenvalue weighted by Gasteiger charge is -2.26. The standard InChI is InChI=1S/C15H23FN2S/c1-2-18(15-6-4-3-5-14(15)16)11-12-19-13-7-9-17-10-8-13/h3-6,13,17H,2,7-12H2,1H3.